The summed E-state index contributed by atoms with van der Waals surface area (Å²) in [5.41, 5.74) is 3.75. The third-order valence-electron chi connectivity index (χ3n) is 5.78. The second-order valence-electron chi connectivity index (χ2n) is 9.17. The Balaban J connectivity index is 0.000000210. The van der Waals surface area contributed by atoms with E-state index in [1.807, 2.05) is 13.8 Å². The molecule has 6 heteroatoms. The number of hydrogen-bond donors (Lipinski definition) is 0. The van der Waals surface area contributed by atoms with Gasteiger partial charge in [-0.2, -0.15) is 13.2 Å². The largest absolute Gasteiger partial charge is 0.416 e. The summed E-state index contributed by atoms with van der Waals surface area (Å²) in [5.74, 6) is 1.31. The van der Waals surface area contributed by atoms with Gasteiger partial charge in [0, 0.05) is 11.9 Å². The summed E-state index contributed by atoms with van der Waals surface area (Å²) in [6.45, 7) is 10.1. The van der Waals surface area contributed by atoms with E-state index in [0.717, 1.165) is 66.3 Å². The zero-order valence-electron chi connectivity index (χ0n) is 20.8. The summed E-state index contributed by atoms with van der Waals surface area (Å²) in [4.78, 5) is 8.40. The lowest BCUT2D eigenvalue weighted by atomic mass is 9.91. The Morgan fingerprint density at radius 1 is 1.09 bits per heavy atom. The smallest absolute Gasteiger partial charge is 0.261 e. The molecule has 0 N–H and O–H groups in total. The highest BCUT2D eigenvalue weighted by atomic mass is 19.4. The summed E-state index contributed by atoms with van der Waals surface area (Å²) in [6, 6.07) is 8.58. The maximum atomic E-state index is 12.9. The van der Waals surface area contributed by atoms with Gasteiger partial charge in [0.05, 0.1) is 16.9 Å². The molecular formula is C28H36F4N2. The number of aliphatic imine (C=N–C) groups is 2. The van der Waals surface area contributed by atoms with Gasteiger partial charge in [-0.3, -0.25) is 9.98 Å². The first-order valence-corrected chi connectivity index (χ1v) is 12.1. The summed E-state index contributed by atoms with van der Waals surface area (Å²) >= 11 is 0. The predicted octanol–water partition coefficient (Wildman–Crippen LogP) is 9.61. The van der Waals surface area contributed by atoms with Crippen LogP contribution in [0.1, 0.15) is 89.3 Å². The van der Waals surface area contributed by atoms with Gasteiger partial charge in [-0.05, 0) is 86.4 Å². The fourth-order valence-corrected chi connectivity index (χ4v) is 3.57. The Morgan fingerprint density at radius 2 is 1.76 bits per heavy atom. The van der Waals surface area contributed by atoms with Gasteiger partial charge in [0.2, 0.25) is 0 Å². The molecule has 1 aliphatic heterocycles. The average molecular weight is 477 g/mol. The van der Waals surface area contributed by atoms with E-state index >= 15 is 0 Å². The number of nitrogens with zero attached hydrogens (tertiary/aromatic N) is 2. The van der Waals surface area contributed by atoms with Crippen LogP contribution in [0, 0.1) is 11.7 Å². The number of alkyl halides is 3. The highest BCUT2D eigenvalue weighted by molar-refractivity contribution is 5.87. The van der Waals surface area contributed by atoms with Crippen LogP contribution in [0.15, 0.2) is 46.4 Å². The standard InChI is InChI=1S/C13H16F3N.C11H12FN.C4H8/c1-3-5-6-10-7-8-11(13(14,15)16)9-12(10)17-4-2;1-7-5-8(2)13-11-4-3-9(12)6-10(7)11;1-4-2-3-4/h4,7-9H,3,5-6H2,1-2H3;3-4,6-7H,5H2,1-2H3;4H,2-3H2,1H3. The number of benzene rings is 2. The minimum atomic E-state index is -4.30. The predicted molar refractivity (Wildman–Crippen MR) is 134 cm³/mol. The number of halogens is 4. The molecule has 1 unspecified atom stereocenters. The van der Waals surface area contributed by atoms with Crippen LogP contribution in [0.4, 0.5) is 28.9 Å². The molecule has 2 nitrogen and oxygen atoms in total. The van der Waals surface area contributed by atoms with E-state index in [-0.39, 0.29) is 5.82 Å². The molecule has 1 fully saturated rings. The third-order valence-corrected chi connectivity index (χ3v) is 5.78. The van der Waals surface area contributed by atoms with Crippen LogP contribution in [-0.2, 0) is 12.6 Å². The molecule has 0 amide bonds. The van der Waals surface area contributed by atoms with Crippen LogP contribution >= 0.6 is 0 Å². The lowest BCUT2D eigenvalue weighted by molar-refractivity contribution is -0.137. The van der Waals surface area contributed by atoms with Crippen molar-refractivity contribution in [2.75, 3.05) is 0 Å². The summed E-state index contributed by atoms with van der Waals surface area (Å²) < 4.78 is 50.5. The van der Waals surface area contributed by atoms with Gasteiger partial charge in [-0.1, -0.05) is 46.1 Å². The van der Waals surface area contributed by atoms with E-state index in [1.165, 1.54) is 31.2 Å². The maximum Gasteiger partial charge on any atom is 0.416 e. The van der Waals surface area contributed by atoms with Crippen LogP contribution in [-0.4, -0.2) is 11.9 Å². The molecule has 2 aliphatic rings. The number of fused-ring (bicyclic) bond motifs is 1. The van der Waals surface area contributed by atoms with Gasteiger partial charge in [0.25, 0.3) is 0 Å². The lowest BCUT2D eigenvalue weighted by Crippen LogP contribution is -2.06. The Bertz CT molecular complexity index is 988. The fraction of sp³-hybridized carbons (Fsp3) is 0.500. The number of hydrogen-bond acceptors (Lipinski definition) is 2. The fourth-order valence-electron chi connectivity index (χ4n) is 3.57. The van der Waals surface area contributed by atoms with Crippen molar-refractivity contribution in [2.45, 2.75) is 85.2 Å². The van der Waals surface area contributed by atoms with Crippen LogP contribution in [0.25, 0.3) is 0 Å². The van der Waals surface area contributed by atoms with Crippen LogP contribution in [0.5, 0.6) is 0 Å². The van der Waals surface area contributed by atoms with Gasteiger partial charge in [0.1, 0.15) is 5.82 Å². The van der Waals surface area contributed by atoms with Gasteiger partial charge < -0.3 is 0 Å². The minimum absolute atomic E-state index is 0.166. The third kappa shape index (κ3) is 9.03. The molecule has 186 valence electrons. The molecule has 0 spiro atoms. The van der Waals surface area contributed by atoms with Crippen molar-refractivity contribution in [3.63, 3.8) is 0 Å². The first kappa shape index (κ1) is 27.7. The van der Waals surface area contributed by atoms with Gasteiger partial charge >= 0.3 is 6.18 Å². The molecule has 2 aromatic rings. The van der Waals surface area contributed by atoms with E-state index < -0.39 is 11.7 Å². The maximum absolute atomic E-state index is 12.9. The van der Waals surface area contributed by atoms with E-state index in [1.54, 1.807) is 19.1 Å². The van der Waals surface area contributed by atoms with Crippen molar-refractivity contribution in [2.24, 2.45) is 15.9 Å². The summed E-state index contributed by atoms with van der Waals surface area (Å²) in [7, 11) is 0. The van der Waals surface area contributed by atoms with Crippen LogP contribution < -0.4 is 0 Å². The lowest BCUT2D eigenvalue weighted by Gasteiger charge is -2.19. The minimum Gasteiger partial charge on any atom is -0.261 e. The normalized spacial score (nSPS) is 17.2. The average Bonchev–Trinajstić information content (AvgIpc) is 3.56. The molecule has 1 saturated carbocycles. The number of rotatable bonds is 4. The topological polar surface area (TPSA) is 24.7 Å². The van der Waals surface area contributed by atoms with E-state index in [2.05, 4.69) is 23.8 Å². The molecule has 0 aromatic heterocycles. The second kappa shape index (κ2) is 12.8. The molecule has 0 saturated heterocycles. The highest BCUT2D eigenvalue weighted by Gasteiger charge is 2.30. The highest BCUT2D eigenvalue weighted by Crippen LogP contribution is 2.35. The first-order valence-electron chi connectivity index (χ1n) is 12.1. The SMILES string of the molecule is CC1=Nc2ccc(F)cc2C(C)C1.CC1CC1.CC=Nc1cc(C(F)(F)F)ccc1CCCC. The molecule has 34 heavy (non-hydrogen) atoms. The summed E-state index contributed by atoms with van der Waals surface area (Å²) in [6.07, 6.45) is 3.86. The van der Waals surface area contributed by atoms with Crippen molar-refractivity contribution in [3.8, 4) is 0 Å². The Labute approximate surface area is 201 Å². The van der Waals surface area contributed by atoms with E-state index in [9.17, 15) is 17.6 Å². The van der Waals surface area contributed by atoms with Gasteiger partial charge in [-0.25, -0.2) is 4.39 Å². The number of aryl methyl sites for hydroxylation is 1. The van der Waals surface area contributed by atoms with E-state index in [0.29, 0.717) is 11.6 Å². The van der Waals surface area contributed by atoms with Crippen LogP contribution in [0.3, 0.4) is 0 Å². The van der Waals surface area contributed by atoms with Crippen molar-refractivity contribution in [1.29, 1.82) is 0 Å². The van der Waals surface area contributed by atoms with Crippen molar-refractivity contribution < 1.29 is 17.6 Å². The van der Waals surface area contributed by atoms with E-state index in [4.69, 9.17) is 0 Å². The molecule has 1 heterocycles. The van der Waals surface area contributed by atoms with Gasteiger partial charge in [-0.15, -0.1) is 0 Å². The van der Waals surface area contributed by atoms with Crippen molar-refractivity contribution in [3.05, 3.63) is 58.9 Å². The summed E-state index contributed by atoms with van der Waals surface area (Å²) in [5, 5.41) is 0. The number of unbranched alkanes of at least 4 members (excludes halogenated alkanes) is 1. The first-order chi connectivity index (χ1) is 16.0. The Kier molecular flexibility index (Phi) is 10.5. The molecule has 0 radical (unpaired) electrons. The quantitative estimate of drug-likeness (QED) is 0.310. The van der Waals surface area contributed by atoms with Gasteiger partial charge in [0.15, 0.2) is 0 Å². The zero-order chi connectivity index (χ0) is 25.3. The molecule has 0 bridgehead atoms. The van der Waals surface area contributed by atoms with Crippen LogP contribution in [0.2, 0.25) is 0 Å². The monoisotopic (exact) mass is 476 g/mol. The van der Waals surface area contributed by atoms with Crippen molar-refractivity contribution >= 4 is 23.3 Å². The molecule has 2 aromatic carbocycles. The second-order valence-corrected chi connectivity index (χ2v) is 9.17. The molecule has 1 aliphatic carbocycles. The zero-order valence-corrected chi connectivity index (χ0v) is 20.8. The molecule has 1 atom stereocenters. The Morgan fingerprint density at radius 3 is 2.32 bits per heavy atom. The Hall–Kier alpha value is -2.50. The molecular weight excluding hydrogens is 440 g/mol. The molecule has 4 rings (SSSR count). The van der Waals surface area contributed by atoms with Crippen molar-refractivity contribution in [1.82, 2.24) is 0 Å².